The van der Waals surface area contributed by atoms with Crippen LogP contribution >= 0.6 is 0 Å². The van der Waals surface area contributed by atoms with Crippen molar-refractivity contribution >= 4 is 5.69 Å². The number of nitro benzene ring substituents is 1. The summed E-state index contributed by atoms with van der Waals surface area (Å²) in [6, 6.07) is 5.57. The van der Waals surface area contributed by atoms with Gasteiger partial charge < -0.3 is 5.32 Å². The molecular formula is C18H26N2O2. The molecule has 0 unspecified atom stereocenters. The molecule has 3 rings (SSSR count). The highest BCUT2D eigenvalue weighted by atomic mass is 16.6. The van der Waals surface area contributed by atoms with E-state index in [-0.39, 0.29) is 27.6 Å². The molecule has 4 nitrogen and oxygen atoms in total. The zero-order valence-electron chi connectivity index (χ0n) is 13.8. The number of nitro groups is 1. The van der Waals surface area contributed by atoms with Crippen molar-refractivity contribution in [1.82, 2.24) is 5.32 Å². The molecular weight excluding hydrogens is 276 g/mol. The van der Waals surface area contributed by atoms with Crippen molar-refractivity contribution in [3.8, 4) is 0 Å². The van der Waals surface area contributed by atoms with Gasteiger partial charge in [-0.15, -0.1) is 0 Å². The molecule has 1 spiro atoms. The van der Waals surface area contributed by atoms with Gasteiger partial charge in [0.05, 0.1) is 4.92 Å². The molecule has 2 aliphatic rings. The van der Waals surface area contributed by atoms with Gasteiger partial charge >= 0.3 is 0 Å². The zero-order chi connectivity index (χ0) is 16.0. The Bertz CT molecular complexity index is 589. The van der Waals surface area contributed by atoms with E-state index in [1.165, 1.54) is 37.7 Å². The van der Waals surface area contributed by atoms with Gasteiger partial charge in [-0.2, -0.15) is 0 Å². The molecule has 0 saturated heterocycles. The van der Waals surface area contributed by atoms with Gasteiger partial charge in [0.1, 0.15) is 0 Å². The van der Waals surface area contributed by atoms with Crippen LogP contribution in [0.5, 0.6) is 0 Å². The minimum Gasteiger partial charge on any atom is -0.305 e. The Balaban J connectivity index is 2.06. The standard InChI is InChI=1S/C18H26N2O2/c1-13-15-11-14(20(21)22)7-8-16(15)17(2,3)12-18(19-13)9-5-4-6-10-18/h7-8,11,13,19H,4-6,9-10,12H2,1-3H3/t13-/m0/s1. The molecule has 1 saturated carbocycles. The van der Waals surface area contributed by atoms with Crippen LogP contribution in [0.1, 0.15) is 76.5 Å². The van der Waals surface area contributed by atoms with Crippen molar-refractivity contribution in [2.24, 2.45) is 0 Å². The van der Waals surface area contributed by atoms with Crippen LogP contribution in [0.25, 0.3) is 0 Å². The van der Waals surface area contributed by atoms with E-state index in [0.717, 1.165) is 12.0 Å². The minimum absolute atomic E-state index is 0.0412. The van der Waals surface area contributed by atoms with Crippen molar-refractivity contribution in [2.75, 3.05) is 0 Å². The number of nitrogens with one attached hydrogen (secondary N) is 1. The van der Waals surface area contributed by atoms with Gasteiger partial charge in [0.15, 0.2) is 0 Å². The van der Waals surface area contributed by atoms with Crippen LogP contribution in [-0.4, -0.2) is 10.5 Å². The average Bonchev–Trinajstić information content (AvgIpc) is 2.53. The van der Waals surface area contributed by atoms with Gasteiger partial charge in [0.25, 0.3) is 5.69 Å². The van der Waals surface area contributed by atoms with E-state index in [1.807, 2.05) is 6.07 Å². The Labute approximate surface area is 132 Å². The van der Waals surface area contributed by atoms with Crippen LogP contribution in [0.2, 0.25) is 0 Å². The van der Waals surface area contributed by atoms with Crippen molar-refractivity contribution in [3.05, 3.63) is 39.4 Å². The van der Waals surface area contributed by atoms with Crippen LogP contribution in [-0.2, 0) is 5.41 Å². The molecule has 0 radical (unpaired) electrons. The van der Waals surface area contributed by atoms with E-state index in [0.29, 0.717) is 0 Å². The Hall–Kier alpha value is -1.42. The van der Waals surface area contributed by atoms with E-state index in [1.54, 1.807) is 12.1 Å². The summed E-state index contributed by atoms with van der Waals surface area (Å²) < 4.78 is 0. The zero-order valence-corrected chi connectivity index (χ0v) is 13.8. The number of fused-ring (bicyclic) bond motifs is 1. The molecule has 1 atom stereocenters. The normalized spacial score (nSPS) is 26.2. The smallest absolute Gasteiger partial charge is 0.269 e. The maximum Gasteiger partial charge on any atom is 0.269 e. The lowest BCUT2D eigenvalue weighted by molar-refractivity contribution is -0.385. The van der Waals surface area contributed by atoms with Crippen molar-refractivity contribution < 1.29 is 4.92 Å². The monoisotopic (exact) mass is 302 g/mol. The van der Waals surface area contributed by atoms with Crippen LogP contribution < -0.4 is 5.32 Å². The molecule has 4 heteroatoms. The fourth-order valence-corrected chi connectivity index (χ4v) is 4.72. The predicted molar refractivity (Wildman–Crippen MR) is 88.1 cm³/mol. The van der Waals surface area contributed by atoms with Crippen LogP contribution in [0.3, 0.4) is 0 Å². The summed E-state index contributed by atoms with van der Waals surface area (Å²) in [6.45, 7) is 6.72. The van der Waals surface area contributed by atoms with E-state index in [2.05, 4.69) is 26.1 Å². The number of non-ortho nitro benzene ring substituents is 1. The molecule has 1 N–H and O–H groups in total. The van der Waals surface area contributed by atoms with Gasteiger partial charge in [0, 0.05) is 23.7 Å². The Kier molecular flexibility index (Phi) is 3.76. The van der Waals surface area contributed by atoms with Gasteiger partial charge in [-0.05, 0) is 42.7 Å². The number of rotatable bonds is 1. The molecule has 1 aliphatic heterocycles. The van der Waals surface area contributed by atoms with Crippen LogP contribution in [0.4, 0.5) is 5.69 Å². The van der Waals surface area contributed by atoms with Gasteiger partial charge in [-0.1, -0.05) is 39.2 Å². The second-order valence-corrected chi connectivity index (χ2v) is 7.80. The summed E-state index contributed by atoms with van der Waals surface area (Å²) in [5.74, 6) is 0. The predicted octanol–water partition coefficient (Wildman–Crippen LogP) is 4.63. The summed E-state index contributed by atoms with van der Waals surface area (Å²) >= 11 is 0. The molecule has 120 valence electrons. The van der Waals surface area contributed by atoms with Crippen molar-refractivity contribution in [3.63, 3.8) is 0 Å². The van der Waals surface area contributed by atoms with Crippen LogP contribution in [0, 0.1) is 10.1 Å². The fourth-order valence-electron chi connectivity index (χ4n) is 4.72. The molecule has 1 aromatic rings. The molecule has 1 aromatic carbocycles. The van der Waals surface area contributed by atoms with Crippen molar-refractivity contribution in [2.45, 2.75) is 76.3 Å². The molecule has 0 bridgehead atoms. The first kappa shape index (κ1) is 15.5. The number of benzene rings is 1. The lowest BCUT2D eigenvalue weighted by Crippen LogP contribution is -2.49. The molecule has 1 aliphatic carbocycles. The third-order valence-electron chi connectivity index (χ3n) is 5.56. The highest BCUT2D eigenvalue weighted by molar-refractivity contribution is 5.45. The Morgan fingerprint density at radius 1 is 1.23 bits per heavy atom. The second kappa shape index (κ2) is 5.34. The Morgan fingerprint density at radius 2 is 1.91 bits per heavy atom. The minimum atomic E-state index is -0.290. The van der Waals surface area contributed by atoms with Gasteiger partial charge in [-0.25, -0.2) is 0 Å². The van der Waals surface area contributed by atoms with E-state index in [9.17, 15) is 10.1 Å². The first-order chi connectivity index (χ1) is 10.3. The lowest BCUT2D eigenvalue weighted by Gasteiger charge is -2.42. The second-order valence-electron chi connectivity index (χ2n) is 7.80. The summed E-state index contributed by atoms with van der Waals surface area (Å²) in [6.07, 6.45) is 7.44. The fraction of sp³-hybridized carbons (Fsp3) is 0.667. The molecule has 0 amide bonds. The summed E-state index contributed by atoms with van der Waals surface area (Å²) in [7, 11) is 0. The summed E-state index contributed by atoms with van der Waals surface area (Å²) in [4.78, 5) is 10.8. The maximum absolute atomic E-state index is 11.1. The topological polar surface area (TPSA) is 55.2 Å². The first-order valence-corrected chi connectivity index (χ1v) is 8.40. The average molecular weight is 302 g/mol. The first-order valence-electron chi connectivity index (χ1n) is 8.40. The molecule has 1 fully saturated rings. The number of hydrogen-bond acceptors (Lipinski definition) is 3. The third kappa shape index (κ3) is 2.65. The largest absolute Gasteiger partial charge is 0.305 e. The third-order valence-corrected chi connectivity index (χ3v) is 5.56. The van der Waals surface area contributed by atoms with E-state index >= 15 is 0 Å². The summed E-state index contributed by atoms with van der Waals surface area (Å²) in [5, 5.41) is 15.0. The summed E-state index contributed by atoms with van der Waals surface area (Å²) in [5.41, 5.74) is 2.79. The van der Waals surface area contributed by atoms with E-state index < -0.39 is 0 Å². The number of nitrogens with zero attached hydrogens (tertiary/aromatic N) is 1. The highest BCUT2D eigenvalue weighted by Crippen LogP contribution is 2.46. The van der Waals surface area contributed by atoms with E-state index in [4.69, 9.17) is 0 Å². The maximum atomic E-state index is 11.1. The quantitative estimate of drug-likeness (QED) is 0.608. The molecule has 0 aromatic heterocycles. The highest BCUT2D eigenvalue weighted by Gasteiger charge is 2.43. The molecule has 1 heterocycles. The SMILES string of the molecule is C[C@@H]1NC2(CCCCC2)CC(C)(C)c2ccc([N+](=O)[O-])cc21. The molecule has 22 heavy (non-hydrogen) atoms. The van der Waals surface area contributed by atoms with Gasteiger partial charge in [0.2, 0.25) is 0 Å². The van der Waals surface area contributed by atoms with Gasteiger partial charge in [-0.3, -0.25) is 10.1 Å². The van der Waals surface area contributed by atoms with Crippen molar-refractivity contribution in [1.29, 1.82) is 0 Å². The lowest BCUT2D eigenvalue weighted by atomic mass is 9.69. The number of hydrogen-bond donors (Lipinski definition) is 1. The Morgan fingerprint density at radius 3 is 2.55 bits per heavy atom. The van der Waals surface area contributed by atoms with Crippen LogP contribution in [0.15, 0.2) is 18.2 Å².